The van der Waals surface area contributed by atoms with Crippen molar-refractivity contribution < 1.29 is 9.90 Å². The molecule has 0 saturated carbocycles. The van der Waals surface area contributed by atoms with Gasteiger partial charge in [0.05, 0.1) is 5.69 Å². The third-order valence-corrected chi connectivity index (χ3v) is 2.99. The van der Waals surface area contributed by atoms with Gasteiger partial charge < -0.3 is 5.11 Å². The summed E-state index contributed by atoms with van der Waals surface area (Å²) < 4.78 is 1.41. The van der Waals surface area contributed by atoms with Crippen LogP contribution in [0.1, 0.15) is 41.2 Å². The number of aromatic carboxylic acids is 1. The minimum Gasteiger partial charge on any atom is -0.476 e. The van der Waals surface area contributed by atoms with Crippen molar-refractivity contribution in [2.75, 3.05) is 0 Å². The summed E-state index contributed by atoms with van der Waals surface area (Å²) in [4.78, 5) is 14.6. The zero-order chi connectivity index (χ0) is 14.7. The molecular formula is C13H13N5O2. The van der Waals surface area contributed by atoms with Crippen molar-refractivity contribution in [3.05, 3.63) is 35.0 Å². The van der Waals surface area contributed by atoms with E-state index in [2.05, 4.69) is 21.3 Å². The van der Waals surface area contributed by atoms with E-state index in [0.29, 0.717) is 24.2 Å². The van der Waals surface area contributed by atoms with Crippen LogP contribution in [0.25, 0.3) is 5.82 Å². The van der Waals surface area contributed by atoms with Crippen molar-refractivity contribution in [1.82, 2.24) is 19.7 Å². The van der Waals surface area contributed by atoms with Gasteiger partial charge in [0.15, 0.2) is 11.5 Å². The van der Waals surface area contributed by atoms with Crippen LogP contribution in [0.3, 0.4) is 0 Å². The van der Waals surface area contributed by atoms with E-state index in [1.165, 1.54) is 17.1 Å². The topological polar surface area (TPSA) is 105 Å². The summed E-state index contributed by atoms with van der Waals surface area (Å²) in [6, 6.07) is 2.13. The van der Waals surface area contributed by atoms with Gasteiger partial charge in [0, 0.05) is 6.20 Å². The van der Waals surface area contributed by atoms with Gasteiger partial charge in [-0.25, -0.2) is 9.78 Å². The Balaban J connectivity index is 2.62. The number of aryl methyl sites for hydroxylation is 1. The Morgan fingerprint density at radius 3 is 2.65 bits per heavy atom. The van der Waals surface area contributed by atoms with Gasteiger partial charge in [0.2, 0.25) is 0 Å². The lowest BCUT2D eigenvalue weighted by atomic mass is 10.0. The number of nitriles is 1. The van der Waals surface area contributed by atoms with Crippen LogP contribution < -0.4 is 0 Å². The molecule has 7 heteroatoms. The highest BCUT2D eigenvalue weighted by atomic mass is 16.4. The Labute approximate surface area is 115 Å². The van der Waals surface area contributed by atoms with Gasteiger partial charge in [0.25, 0.3) is 0 Å². The Bertz CT molecular complexity index is 699. The third kappa shape index (κ3) is 2.23. The fourth-order valence-corrected chi connectivity index (χ4v) is 2.01. The van der Waals surface area contributed by atoms with Crippen molar-refractivity contribution in [3.8, 4) is 11.9 Å². The number of rotatable bonds is 4. The zero-order valence-electron chi connectivity index (χ0n) is 11.2. The quantitative estimate of drug-likeness (QED) is 0.900. The summed E-state index contributed by atoms with van der Waals surface area (Å²) >= 11 is 0. The predicted molar refractivity (Wildman–Crippen MR) is 69.6 cm³/mol. The van der Waals surface area contributed by atoms with Crippen molar-refractivity contribution in [1.29, 1.82) is 5.26 Å². The largest absolute Gasteiger partial charge is 0.476 e. The maximum absolute atomic E-state index is 10.8. The van der Waals surface area contributed by atoms with Crippen LogP contribution >= 0.6 is 0 Å². The maximum Gasteiger partial charge on any atom is 0.356 e. The zero-order valence-corrected chi connectivity index (χ0v) is 11.2. The van der Waals surface area contributed by atoms with E-state index in [0.717, 1.165) is 11.3 Å². The van der Waals surface area contributed by atoms with E-state index < -0.39 is 5.97 Å². The number of aromatic nitrogens is 4. The molecule has 102 valence electrons. The molecule has 0 saturated heterocycles. The molecule has 2 rings (SSSR count). The smallest absolute Gasteiger partial charge is 0.356 e. The fourth-order valence-electron chi connectivity index (χ4n) is 2.01. The number of carboxylic acid groups (broad SMARTS) is 1. The maximum atomic E-state index is 10.8. The van der Waals surface area contributed by atoms with Crippen LogP contribution in [0.4, 0.5) is 0 Å². The van der Waals surface area contributed by atoms with Gasteiger partial charge in [0.1, 0.15) is 18.0 Å². The molecule has 0 aromatic carbocycles. The first kappa shape index (κ1) is 13.7. The highest BCUT2D eigenvalue weighted by Crippen LogP contribution is 2.19. The Morgan fingerprint density at radius 2 is 2.15 bits per heavy atom. The number of carboxylic acids is 1. The van der Waals surface area contributed by atoms with Crippen molar-refractivity contribution in [3.63, 3.8) is 0 Å². The molecule has 0 amide bonds. The molecule has 7 nitrogen and oxygen atoms in total. The summed E-state index contributed by atoms with van der Waals surface area (Å²) in [5.74, 6) is -0.822. The average Bonchev–Trinajstić information content (AvgIpc) is 2.95. The van der Waals surface area contributed by atoms with Gasteiger partial charge >= 0.3 is 5.97 Å². The molecule has 0 spiro atoms. The van der Waals surface area contributed by atoms with E-state index in [1.807, 2.05) is 13.8 Å². The molecule has 0 bridgehead atoms. The number of hydrogen-bond donors (Lipinski definition) is 1. The molecule has 20 heavy (non-hydrogen) atoms. The summed E-state index contributed by atoms with van der Waals surface area (Å²) in [5.41, 5.74) is 1.93. The van der Waals surface area contributed by atoms with Gasteiger partial charge in [-0.05, 0) is 18.4 Å². The number of carbonyl (C=O) groups is 1. The molecule has 0 aliphatic rings. The summed E-state index contributed by atoms with van der Waals surface area (Å²) in [5, 5.41) is 26.4. The van der Waals surface area contributed by atoms with Crippen LogP contribution in [-0.2, 0) is 12.8 Å². The van der Waals surface area contributed by atoms with Crippen molar-refractivity contribution in [2.45, 2.75) is 26.7 Å². The predicted octanol–water partition coefficient (Wildman–Crippen LogP) is 1.36. The number of imidazole rings is 1. The van der Waals surface area contributed by atoms with Gasteiger partial charge in [-0.1, -0.05) is 13.8 Å². The fraction of sp³-hybridized carbons (Fsp3) is 0.308. The molecule has 0 atom stereocenters. The monoisotopic (exact) mass is 271 g/mol. The summed E-state index contributed by atoms with van der Waals surface area (Å²) in [6.07, 6.45) is 3.99. The summed E-state index contributed by atoms with van der Waals surface area (Å²) in [6.45, 7) is 3.89. The first-order valence-electron chi connectivity index (χ1n) is 6.18. The standard InChI is InChI=1S/C13H13N5O2/c1-3-8-9(5-14)12(17-16-10(8)4-2)18-6-11(13(19)20)15-7-18/h6-7H,3-4H2,1-2H3,(H,19,20). The lowest BCUT2D eigenvalue weighted by Gasteiger charge is -2.10. The second-order valence-electron chi connectivity index (χ2n) is 4.11. The highest BCUT2D eigenvalue weighted by Gasteiger charge is 2.17. The molecule has 1 N–H and O–H groups in total. The normalized spacial score (nSPS) is 10.2. The minimum atomic E-state index is -1.13. The Kier molecular flexibility index (Phi) is 3.75. The van der Waals surface area contributed by atoms with E-state index >= 15 is 0 Å². The average molecular weight is 271 g/mol. The molecule has 2 heterocycles. The molecule has 0 fully saturated rings. The van der Waals surface area contributed by atoms with Crippen LogP contribution in [0, 0.1) is 11.3 Å². The van der Waals surface area contributed by atoms with Crippen LogP contribution in [-0.4, -0.2) is 30.8 Å². The molecule has 0 aliphatic carbocycles. The Hall–Kier alpha value is -2.75. The van der Waals surface area contributed by atoms with Crippen molar-refractivity contribution in [2.24, 2.45) is 0 Å². The molecule has 0 aliphatic heterocycles. The highest BCUT2D eigenvalue weighted by molar-refractivity contribution is 5.85. The SMILES string of the molecule is CCc1nnc(-n2cnc(C(=O)O)c2)c(C#N)c1CC. The first-order chi connectivity index (χ1) is 9.62. The second-order valence-corrected chi connectivity index (χ2v) is 4.11. The second kappa shape index (κ2) is 5.48. The molecular weight excluding hydrogens is 258 g/mol. The van der Waals surface area contributed by atoms with E-state index in [4.69, 9.17) is 5.11 Å². The van der Waals surface area contributed by atoms with Crippen LogP contribution in [0.5, 0.6) is 0 Å². The van der Waals surface area contributed by atoms with Gasteiger partial charge in [-0.15, -0.1) is 5.10 Å². The van der Waals surface area contributed by atoms with E-state index in [9.17, 15) is 10.1 Å². The minimum absolute atomic E-state index is 0.103. The van der Waals surface area contributed by atoms with Crippen LogP contribution in [0.15, 0.2) is 12.5 Å². The lowest BCUT2D eigenvalue weighted by molar-refractivity contribution is 0.0691. The first-order valence-corrected chi connectivity index (χ1v) is 6.18. The third-order valence-electron chi connectivity index (χ3n) is 2.99. The Morgan fingerprint density at radius 1 is 1.40 bits per heavy atom. The number of hydrogen-bond acceptors (Lipinski definition) is 5. The number of nitrogens with zero attached hydrogens (tertiary/aromatic N) is 5. The van der Waals surface area contributed by atoms with Gasteiger partial charge in [-0.2, -0.15) is 10.4 Å². The van der Waals surface area contributed by atoms with E-state index in [1.54, 1.807) is 0 Å². The molecule has 0 unspecified atom stereocenters. The molecule has 2 aromatic rings. The summed E-state index contributed by atoms with van der Waals surface area (Å²) in [7, 11) is 0. The van der Waals surface area contributed by atoms with Crippen molar-refractivity contribution >= 4 is 5.97 Å². The lowest BCUT2D eigenvalue weighted by Crippen LogP contribution is -2.09. The van der Waals surface area contributed by atoms with Gasteiger partial charge in [-0.3, -0.25) is 4.57 Å². The van der Waals surface area contributed by atoms with Crippen LogP contribution in [0.2, 0.25) is 0 Å². The van der Waals surface area contributed by atoms with E-state index in [-0.39, 0.29) is 5.69 Å². The molecule has 2 aromatic heterocycles. The molecule has 0 radical (unpaired) electrons.